The van der Waals surface area contributed by atoms with E-state index in [0.29, 0.717) is 30.1 Å². The van der Waals surface area contributed by atoms with Gasteiger partial charge < -0.3 is 15.4 Å². The summed E-state index contributed by atoms with van der Waals surface area (Å²) in [6.45, 7) is 8.23. The molecule has 1 atom stereocenters. The van der Waals surface area contributed by atoms with Crippen LogP contribution in [0.15, 0.2) is 12.1 Å². The number of hydrogen-bond donors (Lipinski definition) is 1. The predicted octanol–water partition coefficient (Wildman–Crippen LogP) is 3.47. The summed E-state index contributed by atoms with van der Waals surface area (Å²) in [7, 11) is 0. The van der Waals surface area contributed by atoms with E-state index in [9.17, 15) is 0 Å². The number of anilines is 2. The second-order valence-corrected chi connectivity index (χ2v) is 6.02. The van der Waals surface area contributed by atoms with E-state index in [-0.39, 0.29) is 0 Å². The van der Waals surface area contributed by atoms with Gasteiger partial charge in [0.2, 0.25) is 5.88 Å². The fourth-order valence-electron chi connectivity index (χ4n) is 2.69. The molecule has 0 spiro atoms. The molecule has 2 N–H and O–H groups in total. The van der Waals surface area contributed by atoms with Crippen molar-refractivity contribution in [1.82, 2.24) is 4.98 Å². The number of piperidine rings is 1. The van der Waals surface area contributed by atoms with Crippen molar-refractivity contribution in [3.8, 4) is 5.88 Å². The van der Waals surface area contributed by atoms with Gasteiger partial charge in [-0.25, -0.2) is 0 Å². The summed E-state index contributed by atoms with van der Waals surface area (Å²) in [6.07, 6.45) is 4.98. The second kappa shape index (κ2) is 6.82. The maximum absolute atomic E-state index is 5.97. The van der Waals surface area contributed by atoms with E-state index >= 15 is 0 Å². The van der Waals surface area contributed by atoms with Crippen LogP contribution in [0.2, 0.25) is 0 Å². The van der Waals surface area contributed by atoms with Gasteiger partial charge in [0.15, 0.2) is 0 Å². The van der Waals surface area contributed by atoms with E-state index in [1.807, 2.05) is 12.1 Å². The summed E-state index contributed by atoms with van der Waals surface area (Å²) in [5.41, 5.74) is 6.59. The molecule has 1 saturated heterocycles. The van der Waals surface area contributed by atoms with Gasteiger partial charge in [0, 0.05) is 12.6 Å². The van der Waals surface area contributed by atoms with Gasteiger partial charge in [0.05, 0.1) is 12.3 Å². The highest BCUT2D eigenvalue weighted by atomic mass is 16.5. The molecule has 1 aromatic heterocycles. The zero-order chi connectivity index (χ0) is 14.5. The molecule has 0 aromatic carbocycles. The molecule has 0 saturated carbocycles. The van der Waals surface area contributed by atoms with Gasteiger partial charge in [-0.3, -0.25) is 0 Å². The molecule has 1 aromatic rings. The summed E-state index contributed by atoms with van der Waals surface area (Å²) < 4.78 is 5.74. The Morgan fingerprint density at radius 3 is 2.90 bits per heavy atom. The lowest BCUT2D eigenvalue weighted by atomic mass is 10.00. The van der Waals surface area contributed by atoms with E-state index in [2.05, 4.69) is 30.7 Å². The second-order valence-electron chi connectivity index (χ2n) is 6.02. The predicted molar refractivity (Wildman–Crippen MR) is 84.3 cm³/mol. The normalized spacial score (nSPS) is 19.4. The third-order valence-corrected chi connectivity index (χ3v) is 3.82. The topological polar surface area (TPSA) is 51.4 Å². The van der Waals surface area contributed by atoms with Crippen molar-refractivity contribution in [2.75, 3.05) is 23.8 Å². The third kappa shape index (κ3) is 3.56. The van der Waals surface area contributed by atoms with E-state index in [4.69, 9.17) is 10.5 Å². The van der Waals surface area contributed by atoms with E-state index in [1.165, 1.54) is 19.3 Å². The molecule has 0 bridgehead atoms. The Labute approximate surface area is 122 Å². The highest BCUT2D eigenvalue weighted by Crippen LogP contribution is 2.29. The Hall–Kier alpha value is -1.45. The third-order valence-electron chi connectivity index (χ3n) is 3.82. The summed E-state index contributed by atoms with van der Waals surface area (Å²) in [5.74, 6) is 2.05. The first-order chi connectivity index (χ1) is 9.61. The van der Waals surface area contributed by atoms with Gasteiger partial charge in [0.25, 0.3) is 0 Å². The van der Waals surface area contributed by atoms with Crippen molar-refractivity contribution >= 4 is 11.5 Å². The zero-order valence-electron chi connectivity index (χ0n) is 12.9. The maximum atomic E-state index is 5.97. The molecule has 0 aliphatic carbocycles. The van der Waals surface area contributed by atoms with Crippen molar-refractivity contribution in [2.24, 2.45) is 5.92 Å². The van der Waals surface area contributed by atoms with Crippen LogP contribution in [0.4, 0.5) is 11.5 Å². The minimum Gasteiger partial charge on any atom is -0.476 e. The molecular weight excluding hydrogens is 250 g/mol. The molecule has 20 heavy (non-hydrogen) atoms. The zero-order valence-corrected chi connectivity index (χ0v) is 12.9. The van der Waals surface area contributed by atoms with E-state index in [0.717, 1.165) is 18.8 Å². The SMILES string of the molecule is CCC1CCCCN1c1ccc(N)c(OCC(C)C)n1. The highest BCUT2D eigenvalue weighted by Gasteiger charge is 2.22. The van der Waals surface area contributed by atoms with E-state index < -0.39 is 0 Å². The average molecular weight is 277 g/mol. The fraction of sp³-hybridized carbons (Fsp3) is 0.688. The van der Waals surface area contributed by atoms with Gasteiger partial charge in [-0.2, -0.15) is 4.98 Å². The Balaban J connectivity index is 2.16. The standard InChI is InChI=1S/C16H27N3O/c1-4-13-7-5-6-10-19(13)15-9-8-14(17)16(18-15)20-11-12(2)3/h8-9,12-13H,4-7,10-11,17H2,1-3H3. The van der Waals surface area contributed by atoms with Gasteiger partial charge >= 0.3 is 0 Å². The van der Waals surface area contributed by atoms with Crippen LogP contribution < -0.4 is 15.4 Å². The minimum absolute atomic E-state index is 0.471. The van der Waals surface area contributed by atoms with Gasteiger partial charge in [-0.15, -0.1) is 0 Å². The smallest absolute Gasteiger partial charge is 0.239 e. The van der Waals surface area contributed by atoms with E-state index in [1.54, 1.807) is 0 Å². The first-order valence-electron chi connectivity index (χ1n) is 7.77. The molecule has 4 heteroatoms. The first-order valence-corrected chi connectivity index (χ1v) is 7.77. The summed E-state index contributed by atoms with van der Waals surface area (Å²) in [6, 6.07) is 4.53. The maximum Gasteiger partial charge on any atom is 0.239 e. The number of nitrogens with two attached hydrogens (primary N) is 1. The molecular formula is C16H27N3O. The number of aromatic nitrogens is 1. The van der Waals surface area contributed by atoms with Gasteiger partial charge in [-0.05, 0) is 43.7 Å². The molecule has 1 aliphatic heterocycles. The lowest BCUT2D eigenvalue weighted by molar-refractivity contribution is 0.262. The fourth-order valence-corrected chi connectivity index (χ4v) is 2.69. The Morgan fingerprint density at radius 2 is 2.20 bits per heavy atom. The molecule has 112 valence electrons. The molecule has 1 fully saturated rings. The van der Waals surface area contributed by atoms with Crippen LogP contribution in [0.3, 0.4) is 0 Å². The van der Waals surface area contributed by atoms with Crippen molar-refractivity contribution < 1.29 is 4.74 Å². The molecule has 4 nitrogen and oxygen atoms in total. The van der Waals surface area contributed by atoms with Gasteiger partial charge in [-0.1, -0.05) is 20.8 Å². The number of pyridine rings is 1. The molecule has 1 unspecified atom stereocenters. The van der Waals surface area contributed by atoms with Crippen molar-refractivity contribution in [1.29, 1.82) is 0 Å². The highest BCUT2D eigenvalue weighted by molar-refractivity contribution is 5.55. The molecule has 0 amide bonds. The summed E-state index contributed by atoms with van der Waals surface area (Å²) >= 11 is 0. The number of rotatable bonds is 5. The van der Waals surface area contributed by atoms with Crippen LogP contribution in [0, 0.1) is 5.92 Å². The monoisotopic (exact) mass is 277 g/mol. The van der Waals surface area contributed by atoms with Crippen LogP contribution in [-0.2, 0) is 0 Å². The largest absolute Gasteiger partial charge is 0.476 e. The number of hydrogen-bond acceptors (Lipinski definition) is 4. The van der Waals surface area contributed by atoms with Crippen molar-refractivity contribution in [3.63, 3.8) is 0 Å². The Bertz CT molecular complexity index is 434. The summed E-state index contributed by atoms with van der Waals surface area (Å²) in [5, 5.41) is 0. The lowest BCUT2D eigenvalue weighted by Gasteiger charge is -2.36. The molecule has 0 radical (unpaired) electrons. The molecule has 1 aliphatic rings. The Morgan fingerprint density at radius 1 is 1.40 bits per heavy atom. The van der Waals surface area contributed by atoms with Crippen LogP contribution in [0.25, 0.3) is 0 Å². The first kappa shape index (κ1) is 14.9. The molecule has 2 heterocycles. The minimum atomic E-state index is 0.471. The quantitative estimate of drug-likeness (QED) is 0.895. The van der Waals surface area contributed by atoms with Crippen molar-refractivity contribution in [3.05, 3.63) is 12.1 Å². The van der Waals surface area contributed by atoms with Crippen LogP contribution in [-0.4, -0.2) is 24.2 Å². The van der Waals surface area contributed by atoms with Crippen molar-refractivity contribution in [2.45, 2.75) is 52.5 Å². The van der Waals surface area contributed by atoms with Gasteiger partial charge in [0.1, 0.15) is 5.82 Å². The average Bonchev–Trinajstić information content (AvgIpc) is 2.46. The summed E-state index contributed by atoms with van der Waals surface area (Å²) in [4.78, 5) is 7.05. The van der Waals surface area contributed by atoms with Crippen LogP contribution >= 0.6 is 0 Å². The number of nitrogen functional groups attached to an aromatic ring is 1. The number of nitrogens with zero attached hydrogens (tertiary/aromatic N) is 2. The van der Waals surface area contributed by atoms with Crippen LogP contribution in [0.1, 0.15) is 46.5 Å². The van der Waals surface area contributed by atoms with Crippen LogP contribution in [0.5, 0.6) is 5.88 Å². The lowest BCUT2D eigenvalue weighted by Crippen LogP contribution is -2.39. The Kier molecular flexibility index (Phi) is 5.10. The molecule has 2 rings (SSSR count). The number of ether oxygens (including phenoxy) is 1.